The first-order valence-electron chi connectivity index (χ1n) is 9.52. The number of hydrogen-bond donors (Lipinski definition) is 1. The van der Waals surface area contributed by atoms with E-state index >= 15 is 0 Å². The molecule has 5 heteroatoms. The molecule has 1 N–H and O–H groups in total. The lowest BCUT2D eigenvalue weighted by Gasteiger charge is -2.50. The van der Waals surface area contributed by atoms with Gasteiger partial charge in [-0.2, -0.15) is 0 Å². The molecule has 3 rings (SSSR count). The standard InChI is InChI=1S/C21H31NO4/c1-20(2,3)18-13-16(23)14-21(26-18)8-10-22(11-9-21)19(24)15-6-5-7-17(12-15)25-4/h5-7,12,16,18,23H,8-11,13-14H2,1-4H3/t16-,18-/m1/s1. The molecule has 1 spiro atoms. The molecule has 1 amide bonds. The van der Waals surface area contributed by atoms with Crippen molar-refractivity contribution < 1.29 is 19.4 Å². The third kappa shape index (κ3) is 4.04. The Bertz CT molecular complexity index is 644. The van der Waals surface area contributed by atoms with Gasteiger partial charge in [0.05, 0.1) is 24.9 Å². The molecule has 2 fully saturated rings. The highest BCUT2D eigenvalue weighted by molar-refractivity contribution is 5.94. The average Bonchev–Trinajstić information content (AvgIpc) is 2.60. The van der Waals surface area contributed by atoms with Crippen LogP contribution in [0.4, 0.5) is 0 Å². The molecular weight excluding hydrogens is 330 g/mol. The second-order valence-corrected chi connectivity index (χ2v) is 8.77. The summed E-state index contributed by atoms with van der Waals surface area (Å²) in [6, 6.07) is 7.28. The van der Waals surface area contributed by atoms with E-state index in [4.69, 9.17) is 9.47 Å². The van der Waals surface area contributed by atoms with E-state index in [0.717, 1.165) is 12.8 Å². The van der Waals surface area contributed by atoms with E-state index in [1.54, 1.807) is 13.2 Å². The van der Waals surface area contributed by atoms with Crippen LogP contribution in [0.5, 0.6) is 5.75 Å². The predicted octanol–water partition coefficient (Wildman–Crippen LogP) is 3.26. The minimum atomic E-state index is -0.325. The SMILES string of the molecule is COc1cccc(C(=O)N2CCC3(CC2)C[C@H](O)C[C@H](C(C)(C)C)O3)c1. The van der Waals surface area contributed by atoms with Crippen LogP contribution in [0.15, 0.2) is 24.3 Å². The van der Waals surface area contributed by atoms with E-state index in [0.29, 0.717) is 37.2 Å². The number of methoxy groups -OCH3 is 1. The Balaban J connectivity index is 1.67. The van der Waals surface area contributed by atoms with Crippen LogP contribution in [-0.2, 0) is 4.74 Å². The van der Waals surface area contributed by atoms with Crippen molar-refractivity contribution in [3.8, 4) is 5.75 Å². The molecule has 2 atom stereocenters. The maximum atomic E-state index is 12.8. The van der Waals surface area contributed by atoms with Crippen molar-refractivity contribution in [3.05, 3.63) is 29.8 Å². The maximum absolute atomic E-state index is 12.8. The molecule has 1 aromatic rings. The third-order valence-corrected chi connectivity index (χ3v) is 5.73. The van der Waals surface area contributed by atoms with Crippen LogP contribution in [0.1, 0.15) is 56.8 Å². The number of amides is 1. The fraction of sp³-hybridized carbons (Fsp3) is 0.667. The number of aliphatic hydroxyl groups excluding tert-OH is 1. The lowest BCUT2D eigenvalue weighted by molar-refractivity contribution is -0.205. The van der Waals surface area contributed by atoms with Crippen LogP contribution in [0.2, 0.25) is 0 Å². The summed E-state index contributed by atoms with van der Waals surface area (Å²) in [6.07, 6.45) is 2.62. The van der Waals surface area contributed by atoms with Crippen LogP contribution in [0, 0.1) is 5.41 Å². The number of benzene rings is 1. The average molecular weight is 361 g/mol. The second kappa shape index (κ2) is 7.20. The minimum absolute atomic E-state index is 0.00193. The molecule has 5 nitrogen and oxygen atoms in total. The number of aliphatic hydroxyl groups is 1. The van der Waals surface area contributed by atoms with Gasteiger partial charge in [0.2, 0.25) is 0 Å². The van der Waals surface area contributed by atoms with Crippen molar-refractivity contribution in [2.24, 2.45) is 5.41 Å². The lowest BCUT2D eigenvalue weighted by atomic mass is 9.76. The van der Waals surface area contributed by atoms with Gasteiger partial charge in [0, 0.05) is 31.5 Å². The number of ether oxygens (including phenoxy) is 2. The molecule has 1 aromatic carbocycles. The largest absolute Gasteiger partial charge is 0.497 e. The Kier molecular flexibility index (Phi) is 5.31. The highest BCUT2D eigenvalue weighted by Crippen LogP contribution is 2.42. The van der Waals surface area contributed by atoms with Crippen LogP contribution in [-0.4, -0.2) is 53.9 Å². The number of rotatable bonds is 2. The van der Waals surface area contributed by atoms with E-state index in [2.05, 4.69) is 20.8 Å². The van der Waals surface area contributed by atoms with Gasteiger partial charge in [-0.05, 0) is 36.5 Å². The summed E-state index contributed by atoms with van der Waals surface area (Å²) >= 11 is 0. The summed E-state index contributed by atoms with van der Waals surface area (Å²) in [6.45, 7) is 7.78. The Labute approximate surface area is 156 Å². The van der Waals surface area contributed by atoms with Crippen LogP contribution in [0.25, 0.3) is 0 Å². The van der Waals surface area contributed by atoms with E-state index in [1.165, 1.54) is 0 Å². The molecule has 2 aliphatic heterocycles. The first kappa shape index (κ1) is 19.2. The molecule has 26 heavy (non-hydrogen) atoms. The quantitative estimate of drug-likeness (QED) is 0.878. The highest BCUT2D eigenvalue weighted by Gasteiger charge is 2.46. The molecule has 2 saturated heterocycles. The van der Waals surface area contributed by atoms with E-state index in [-0.39, 0.29) is 29.1 Å². The Morgan fingerprint density at radius 3 is 2.62 bits per heavy atom. The highest BCUT2D eigenvalue weighted by atomic mass is 16.5. The van der Waals surface area contributed by atoms with Gasteiger partial charge in [-0.15, -0.1) is 0 Å². The van der Waals surface area contributed by atoms with Gasteiger partial charge in [-0.3, -0.25) is 4.79 Å². The number of nitrogens with zero attached hydrogens (tertiary/aromatic N) is 1. The monoisotopic (exact) mass is 361 g/mol. The summed E-state index contributed by atoms with van der Waals surface area (Å²) in [4.78, 5) is 14.7. The zero-order valence-electron chi connectivity index (χ0n) is 16.3. The molecule has 2 aliphatic rings. The smallest absolute Gasteiger partial charge is 0.253 e. The second-order valence-electron chi connectivity index (χ2n) is 8.77. The van der Waals surface area contributed by atoms with Crippen molar-refractivity contribution >= 4 is 5.91 Å². The molecule has 0 bridgehead atoms. The topological polar surface area (TPSA) is 59.0 Å². The van der Waals surface area contributed by atoms with Gasteiger partial charge in [0.15, 0.2) is 0 Å². The van der Waals surface area contributed by atoms with Gasteiger partial charge in [-0.25, -0.2) is 0 Å². The fourth-order valence-corrected chi connectivity index (χ4v) is 4.07. The Morgan fingerprint density at radius 2 is 2.00 bits per heavy atom. The molecule has 144 valence electrons. The van der Waals surface area contributed by atoms with Crippen molar-refractivity contribution in [3.63, 3.8) is 0 Å². The summed E-state index contributed by atoms with van der Waals surface area (Å²) in [7, 11) is 1.60. The number of carbonyl (C=O) groups excluding carboxylic acids is 1. The molecule has 0 unspecified atom stereocenters. The normalized spacial score (nSPS) is 26.0. The van der Waals surface area contributed by atoms with Crippen molar-refractivity contribution in [1.82, 2.24) is 4.90 Å². The first-order valence-corrected chi connectivity index (χ1v) is 9.52. The van der Waals surface area contributed by atoms with Crippen LogP contribution in [0.3, 0.4) is 0 Å². The molecule has 0 aromatic heterocycles. The number of hydrogen-bond acceptors (Lipinski definition) is 4. The first-order chi connectivity index (χ1) is 12.2. The van der Waals surface area contributed by atoms with Crippen molar-refractivity contribution in [1.29, 1.82) is 0 Å². The summed E-state index contributed by atoms with van der Waals surface area (Å²) in [5.41, 5.74) is 0.348. The number of piperidine rings is 1. The molecule has 0 aliphatic carbocycles. The summed E-state index contributed by atoms with van der Waals surface area (Å²) < 4.78 is 11.7. The fourth-order valence-electron chi connectivity index (χ4n) is 4.07. The molecular formula is C21H31NO4. The van der Waals surface area contributed by atoms with Gasteiger partial charge in [0.25, 0.3) is 5.91 Å². The zero-order valence-corrected chi connectivity index (χ0v) is 16.3. The predicted molar refractivity (Wildman–Crippen MR) is 100 cm³/mol. The van der Waals surface area contributed by atoms with Gasteiger partial charge in [0.1, 0.15) is 5.75 Å². The zero-order chi connectivity index (χ0) is 18.9. The van der Waals surface area contributed by atoms with Crippen LogP contribution < -0.4 is 4.74 Å². The Morgan fingerprint density at radius 1 is 1.31 bits per heavy atom. The van der Waals surface area contributed by atoms with E-state index < -0.39 is 0 Å². The molecule has 0 radical (unpaired) electrons. The van der Waals surface area contributed by atoms with Gasteiger partial charge < -0.3 is 19.5 Å². The Hall–Kier alpha value is -1.59. The lowest BCUT2D eigenvalue weighted by Crippen LogP contribution is -2.55. The van der Waals surface area contributed by atoms with Crippen molar-refractivity contribution in [2.45, 2.75) is 64.3 Å². The van der Waals surface area contributed by atoms with E-state index in [1.807, 2.05) is 23.1 Å². The minimum Gasteiger partial charge on any atom is -0.497 e. The van der Waals surface area contributed by atoms with E-state index in [9.17, 15) is 9.90 Å². The van der Waals surface area contributed by atoms with Gasteiger partial charge in [-0.1, -0.05) is 26.8 Å². The molecule has 2 heterocycles. The molecule has 0 saturated carbocycles. The summed E-state index contributed by atoms with van der Waals surface area (Å²) in [5.74, 6) is 0.721. The van der Waals surface area contributed by atoms with Gasteiger partial charge >= 0.3 is 0 Å². The number of carbonyl (C=O) groups is 1. The summed E-state index contributed by atoms with van der Waals surface area (Å²) in [5, 5.41) is 10.4. The van der Waals surface area contributed by atoms with Crippen molar-refractivity contribution in [2.75, 3.05) is 20.2 Å². The van der Waals surface area contributed by atoms with Crippen LogP contribution >= 0.6 is 0 Å². The third-order valence-electron chi connectivity index (χ3n) is 5.73. The number of likely N-dealkylation sites (tertiary alicyclic amines) is 1. The maximum Gasteiger partial charge on any atom is 0.253 e.